The second kappa shape index (κ2) is 4.69. The molecule has 4 fully saturated rings. The van der Waals surface area contributed by atoms with Crippen LogP contribution in [-0.2, 0) is 9.53 Å². The van der Waals surface area contributed by atoms with Crippen molar-refractivity contribution in [2.75, 3.05) is 6.61 Å². The number of hydrogen-bond donors (Lipinski definition) is 2. The van der Waals surface area contributed by atoms with Crippen LogP contribution in [0.5, 0.6) is 0 Å². The van der Waals surface area contributed by atoms with Crippen molar-refractivity contribution in [2.24, 2.45) is 17.3 Å². The normalized spacial score (nSPS) is 39.0. The maximum Gasteiger partial charge on any atom is 0.312 e. The third-order valence-electron chi connectivity index (χ3n) is 5.70. The van der Waals surface area contributed by atoms with E-state index in [4.69, 9.17) is 4.74 Å². The number of aliphatic hydroxyl groups is 1. The molecule has 1 aromatic rings. The van der Waals surface area contributed by atoms with Crippen LogP contribution in [0.1, 0.15) is 49.0 Å². The zero-order valence-corrected chi connectivity index (χ0v) is 12.5. The van der Waals surface area contributed by atoms with Crippen LogP contribution in [0.3, 0.4) is 0 Å². The maximum atomic E-state index is 12.6. The topological polar surface area (TPSA) is 79.4 Å². The Morgan fingerprint density at radius 1 is 1.27 bits per heavy atom. The molecule has 4 aliphatic rings. The second-order valence-corrected chi connectivity index (χ2v) is 7.55. The van der Waals surface area contributed by atoms with Crippen molar-refractivity contribution in [1.29, 1.82) is 0 Å². The van der Waals surface area contributed by atoms with E-state index >= 15 is 0 Å². The number of hydrogen-bond acceptors (Lipinski definition) is 4. The zero-order valence-electron chi connectivity index (χ0n) is 12.5. The summed E-state index contributed by atoms with van der Waals surface area (Å²) < 4.78 is 5.34. The number of rotatable bonds is 4. The first-order valence-corrected chi connectivity index (χ1v) is 8.04. The number of esters is 1. The van der Waals surface area contributed by atoms with Crippen molar-refractivity contribution in [1.82, 2.24) is 4.98 Å². The van der Waals surface area contributed by atoms with E-state index < -0.39 is 11.0 Å². The fourth-order valence-corrected chi connectivity index (χ4v) is 5.32. The molecule has 4 bridgehead atoms. The molecule has 1 heterocycles. The number of H-pyrrole nitrogens is 1. The van der Waals surface area contributed by atoms with Gasteiger partial charge in [0.25, 0.3) is 0 Å². The van der Waals surface area contributed by atoms with Crippen molar-refractivity contribution in [3.8, 4) is 0 Å². The highest BCUT2D eigenvalue weighted by Gasteiger charge is 2.60. The molecular weight excluding hydrogens is 282 g/mol. The zero-order chi connectivity index (χ0) is 15.4. The molecule has 0 aromatic carbocycles. The number of carbonyl (C=O) groups is 2. The SMILES string of the molecule is O=C(COC(=O)C12C[C@@H]3C[C@@H](CC(O)(C3)C1)C2)c1ccc[nH]1. The monoisotopic (exact) mass is 303 g/mol. The van der Waals surface area contributed by atoms with E-state index in [9.17, 15) is 14.7 Å². The highest BCUT2D eigenvalue weighted by atomic mass is 16.5. The number of nitrogens with one attached hydrogen (secondary N) is 1. The third kappa shape index (κ3) is 2.19. The summed E-state index contributed by atoms with van der Waals surface area (Å²) in [5.74, 6) is 0.345. The minimum absolute atomic E-state index is 0.221. The van der Waals surface area contributed by atoms with Crippen molar-refractivity contribution in [3.05, 3.63) is 24.0 Å². The van der Waals surface area contributed by atoms with Gasteiger partial charge in [-0.2, -0.15) is 0 Å². The molecule has 0 aliphatic heterocycles. The van der Waals surface area contributed by atoms with Crippen LogP contribution in [0.25, 0.3) is 0 Å². The lowest BCUT2D eigenvalue weighted by Crippen LogP contribution is -2.58. The van der Waals surface area contributed by atoms with Gasteiger partial charge in [0.1, 0.15) is 0 Å². The molecule has 4 aliphatic carbocycles. The predicted octanol–water partition coefficient (Wildman–Crippen LogP) is 2.07. The van der Waals surface area contributed by atoms with Crippen LogP contribution < -0.4 is 0 Å². The van der Waals surface area contributed by atoms with E-state index in [1.807, 2.05) is 0 Å². The van der Waals surface area contributed by atoms with Gasteiger partial charge in [-0.3, -0.25) is 9.59 Å². The molecule has 22 heavy (non-hydrogen) atoms. The highest BCUT2D eigenvalue weighted by Crippen LogP contribution is 2.61. The van der Waals surface area contributed by atoms with Crippen LogP contribution in [0.15, 0.2) is 18.3 Å². The first kappa shape index (κ1) is 14.0. The molecule has 2 N–H and O–H groups in total. The molecule has 5 nitrogen and oxygen atoms in total. The van der Waals surface area contributed by atoms with Gasteiger partial charge < -0.3 is 14.8 Å². The number of ketones is 1. The Hall–Kier alpha value is -1.62. The molecule has 5 heteroatoms. The van der Waals surface area contributed by atoms with Crippen LogP contribution >= 0.6 is 0 Å². The van der Waals surface area contributed by atoms with Gasteiger partial charge in [-0.05, 0) is 62.5 Å². The molecular formula is C17H21NO4. The molecule has 4 saturated carbocycles. The second-order valence-electron chi connectivity index (χ2n) is 7.55. The molecule has 4 atom stereocenters. The van der Waals surface area contributed by atoms with Gasteiger partial charge in [0, 0.05) is 6.20 Å². The summed E-state index contributed by atoms with van der Waals surface area (Å²) in [7, 11) is 0. The lowest BCUT2D eigenvalue weighted by Gasteiger charge is -2.58. The Morgan fingerprint density at radius 2 is 2.00 bits per heavy atom. The van der Waals surface area contributed by atoms with Gasteiger partial charge >= 0.3 is 5.97 Å². The Bertz CT molecular complexity index is 592. The van der Waals surface area contributed by atoms with Gasteiger partial charge in [0.15, 0.2) is 6.61 Å². The maximum absolute atomic E-state index is 12.6. The van der Waals surface area contributed by atoms with Gasteiger partial charge in [0.2, 0.25) is 5.78 Å². The van der Waals surface area contributed by atoms with Crippen molar-refractivity contribution in [2.45, 2.75) is 44.1 Å². The lowest BCUT2D eigenvalue weighted by molar-refractivity contribution is -0.195. The first-order valence-electron chi connectivity index (χ1n) is 8.04. The molecule has 0 saturated heterocycles. The summed E-state index contributed by atoms with van der Waals surface area (Å²) in [5, 5.41) is 10.7. The van der Waals surface area contributed by atoms with E-state index in [-0.39, 0.29) is 18.4 Å². The third-order valence-corrected chi connectivity index (χ3v) is 5.70. The fourth-order valence-electron chi connectivity index (χ4n) is 5.32. The molecule has 1 aromatic heterocycles. The summed E-state index contributed by atoms with van der Waals surface area (Å²) in [6.45, 7) is -0.227. The summed E-state index contributed by atoms with van der Waals surface area (Å²) in [6.07, 6.45) is 6.55. The molecule has 5 rings (SSSR count). The number of carbonyl (C=O) groups excluding carboxylic acids is 2. The molecule has 0 amide bonds. The smallest absolute Gasteiger partial charge is 0.312 e. The van der Waals surface area contributed by atoms with E-state index in [0.29, 0.717) is 24.0 Å². The van der Waals surface area contributed by atoms with E-state index in [0.717, 1.165) is 32.1 Å². The number of ether oxygens (including phenoxy) is 1. The molecule has 118 valence electrons. The summed E-state index contributed by atoms with van der Waals surface area (Å²) in [5.41, 5.74) is -0.793. The quantitative estimate of drug-likeness (QED) is 0.659. The summed E-state index contributed by atoms with van der Waals surface area (Å²) >= 11 is 0. The number of Topliss-reactive ketones (excluding diaryl/α,β-unsaturated/α-hetero) is 1. The van der Waals surface area contributed by atoms with Crippen LogP contribution in [0.4, 0.5) is 0 Å². The molecule has 0 radical (unpaired) electrons. The lowest BCUT2D eigenvalue weighted by atomic mass is 9.48. The van der Waals surface area contributed by atoms with Gasteiger partial charge in [-0.1, -0.05) is 0 Å². The van der Waals surface area contributed by atoms with Gasteiger partial charge in [-0.25, -0.2) is 0 Å². The van der Waals surface area contributed by atoms with Gasteiger partial charge in [-0.15, -0.1) is 0 Å². The molecule has 0 spiro atoms. The Balaban J connectivity index is 1.45. The highest BCUT2D eigenvalue weighted by molar-refractivity contribution is 5.96. The van der Waals surface area contributed by atoms with E-state index in [2.05, 4.69) is 4.98 Å². The van der Waals surface area contributed by atoms with Crippen LogP contribution in [0.2, 0.25) is 0 Å². The van der Waals surface area contributed by atoms with Crippen LogP contribution in [-0.4, -0.2) is 34.1 Å². The minimum Gasteiger partial charge on any atom is -0.457 e. The number of aromatic nitrogens is 1. The Morgan fingerprint density at radius 3 is 2.59 bits per heavy atom. The van der Waals surface area contributed by atoms with Crippen molar-refractivity contribution >= 4 is 11.8 Å². The van der Waals surface area contributed by atoms with Crippen molar-refractivity contribution in [3.63, 3.8) is 0 Å². The summed E-state index contributed by atoms with van der Waals surface area (Å²) in [6, 6.07) is 3.41. The fraction of sp³-hybridized carbons (Fsp3) is 0.647. The van der Waals surface area contributed by atoms with Crippen LogP contribution in [0, 0.1) is 17.3 Å². The summed E-state index contributed by atoms with van der Waals surface area (Å²) in [4.78, 5) is 27.4. The van der Waals surface area contributed by atoms with Crippen molar-refractivity contribution < 1.29 is 19.4 Å². The Kier molecular flexibility index (Phi) is 2.98. The molecule has 2 unspecified atom stereocenters. The number of aromatic amines is 1. The van der Waals surface area contributed by atoms with E-state index in [1.165, 1.54) is 0 Å². The Labute approximate surface area is 129 Å². The first-order chi connectivity index (χ1) is 10.5. The van der Waals surface area contributed by atoms with Gasteiger partial charge in [0.05, 0.1) is 16.7 Å². The average molecular weight is 303 g/mol. The standard InChI is InChI=1S/C17H21NO4/c19-14(13-2-1-3-18-13)9-22-15(20)16-5-11-4-12(6-16)8-17(21,7-11)10-16/h1-3,11-12,18,21H,4-10H2/t11-,12+,16?,17?. The van der Waals surface area contributed by atoms with E-state index in [1.54, 1.807) is 18.3 Å². The predicted molar refractivity (Wildman–Crippen MR) is 78.1 cm³/mol. The minimum atomic E-state index is -0.688. The average Bonchev–Trinajstić information content (AvgIpc) is 2.95. The largest absolute Gasteiger partial charge is 0.457 e.